The van der Waals surface area contributed by atoms with Crippen molar-refractivity contribution < 1.29 is 0 Å². The Balaban J connectivity index is 1.96. The third-order valence-corrected chi connectivity index (χ3v) is 3.57. The van der Waals surface area contributed by atoms with Crippen molar-refractivity contribution in [3.63, 3.8) is 0 Å². The van der Waals surface area contributed by atoms with Gasteiger partial charge in [-0.1, -0.05) is 72.3 Å². The van der Waals surface area contributed by atoms with Crippen molar-refractivity contribution in [2.24, 2.45) is 0 Å². The normalized spacial score (nSPS) is 10.6. The van der Waals surface area contributed by atoms with Gasteiger partial charge in [-0.25, -0.2) is 0 Å². The molecule has 0 aliphatic heterocycles. The summed E-state index contributed by atoms with van der Waals surface area (Å²) < 4.78 is 0. The number of allylic oxidation sites excluding steroid dienone is 1. The molecule has 21 heavy (non-hydrogen) atoms. The van der Waals surface area contributed by atoms with E-state index in [1.807, 2.05) is 0 Å². The molecule has 2 aromatic rings. The van der Waals surface area contributed by atoms with Crippen LogP contribution in [0.1, 0.15) is 25.0 Å². The van der Waals surface area contributed by atoms with Crippen LogP contribution in [0.5, 0.6) is 0 Å². The molecule has 0 fully saturated rings. The maximum absolute atomic E-state index is 2.51. The number of benzene rings is 2. The number of nitrogens with zero attached hydrogens (tertiary/aromatic N) is 1. The topological polar surface area (TPSA) is 3.24 Å². The molecule has 110 valence electrons. The van der Waals surface area contributed by atoms with E-state index in [9.17, 15) is 0 Å². The maximum atomic E-state index is 2.51. The third kappa shape index (κ3) is 5.97. The van der Waals surface area contributed by atoms with Crippen molar-refractivity contribution in [3.05, 3.63) is 83.4 Å². The van der Waals surface area contributed by atoms with E-state index in [2.05, 4.69) is 85.5 Å². The molecule has 1 heteroatoms. The molecule has 0 heterocycles. The molecular formula is C20H25N. The van der Waals surface area contributed by atoms with Crippen LogP contribution in [0, 0.1) is 0 Å². The highest BCUT2D eigenvalue weighted by Gasteiger charge is 2.05. The van der Waals surface area contributed by atoms with E-state index in [0.717, 1.165) is 26.1 Å². The SMILES string of the molecule is CC(C)=CCN(CCc1ccccc1)Cc1ccccc1. The van der Waals surface area contributed by atoms with Crippen molar-refractivity contribution >= 4 is 0 Å². The lowest BCUT2D eigenvalue weighted by Gasteiger charge is -2.21. The highest BCUT2D eigenvalue weighted by atomic mass is 15.1. The average molecular weight is 279 g/mol. The Labute approximate surface area is 128 Å². The van der Waals surface area contributed by atoms with Crippen molar-refractivity contribution in [2.45, 2.75) is 26.8 Å². The molecule has 0 radical (unpaired) electrons. The Bertz CT molecular complexity index is 539. The van der Waals surface area contributed by atoms with Gasteiger partial charge in [-0.3, -0.25) is 4.90 Å². The van der Waals surface area contributed by atoms with E-state index < -0.39 is 0 Å². The van der Waals surface area contributed by atoms with E-state index in [1.165, 1.54) is 16.7 Å². The molecule has 0 spiro atoms. The first-order valence-electron chi connectivity index (χ1n) is 7.67. The highest BCUT2D eigenvalue weighted by Crippen LogP contribution is 2.08. The molecule has 0 atom stereocenters. The summed E-state index contributed by atoms with van der Waals surface area (Å²) in [5.74, 6) is 0. The van der Waals surface area contributed by atoms with Crippen molar-refractivity contribution in [3.8, 4) is 0 Å². The van der Waals surface area contributed by atoms with Crippen LogP contribution in [0.4, 0.5) is 0 Å². The zero-order chi connectivity index (χ0) is 14.9. The minimum Gasteiger partial charge on any atom is -0.295 e. The van der Waals surface area contributed by atoms with Crippen LogP contribution < -0.4 is 0 Å². The lowest BCUT2D eigenvalue weighted by Crippen LogP contribution is -2.26. The molecule has 2 aromatic carbocycles. The van der Waals surface area contributed by atoms with Crippen LogP contribution in [0.3, 0.4) is 0 Å². The zero-order valence-electron chi connectivity index (χ0n) is 13.1. The van der Waals surface area contributed by atoms with Gasteiger partial charge in [0, 0.05) is 19.6 Å². The Morgan fingerprint density at radius 2 is 1.43 bits per heavy atom. The van der Waals surface area contributed by atoms with Crippen LogP contribution in [-0.4, -0.2) is 18.0 Å². The summed E-state index contributed by atoms with van der Waals surface area (Å²) in [4.78, 5) is 2.51. The van der Waals surface area contributed by atoms with Gasteiger partial charge < -0.3 is 0 Å². The third-order valence-electron chi connectivity index (χ3n) is 3.57. The minimum absolute atomic E-state index is 1.01. The monoisotopic (exact) mass is 279 g/mol. The van der Waals surface area contributed by atoms with Crippen LogP contribution in [0.2, 0.25) is 0 Å². The molecule has 0 N–H and O–H groups in total. The Morgan fingerprint density at radius 1 is 0.857 bits per heavy atom. The van der Waals surface area contributed by atoms with Gasteiger partial charge in [0.05, 0.1) is 0 Å². The summed E-state index contributed by atoms with van der Waals surface area (Å²) in [6.07, 6.45) is 3.41. The number of hydrogen-bond donors (Lipinski definition) is 0. The molecule has 0 saturated carbocycles. The first-order valence-corrected chi connectivity index (χ1v) is 7.67. The van der Waals surface area contributed by atoms with E-state index >= 15 is 0 Å². The number of rotatable bonds is 7. The molecule has 0 saturated heterocycles. The van der Waals surface area contributed by atoms with E-state index in [-0.39, 0.29) is 0 Å². The molecule has 0 aliphatic carbocycles. The van der Waals surface area contributed by atoms with E-state index in [4.69, 9.17) is 0 Å². The second-order valence-electron chi connectivity index (χ2n) is 5.74. The summed E-state index contributed by atoms with van der Waals surface area (Å²) in [5.41, 5.74) is 4.17. The predicted octanol–water partition coefficient (Wildman–Crippen LogP) is 4.70. The highest BCUT2D eigenvalue weighted by molar-refractivity contribution is 5.16. The molecule has 0 amide bonds. The minimum atomic E-state index is 1.01. The Hall–Kier alpha value is -1.86. The Morgan fingerprint density at radius 3 is 2.00 bits per heavy atom. The molecule has 0 bridgehead atoms. The summed E-state index contributed by atoms with van der Waals surface area (Å²) in [6, 6.07) is 21.5. The van der Waals surface area contributed by atoms with Gasteiger partial charge in [-0.15, -0.1) is 0 Å². The summed E-state index contributed by atoms with van der Waals surface area (Å²) in [5, 5.41) is 0. The van der Waals surface area contributed by atoms with Gasteiger partial charge in [-0.2, -0.15) is 0 Å². The average Bonchev–Trinajstić information content (AvgIpc) is 2.52. The summed E-state index contributed by atoms with van der Waals surface area (Å²) in [7, 11) is 0. The van der Waals surface area contributed by atoms with Gasteiger partial charge in [0.1, 0.15) is 0 Å². The fraction of sp³-hybridized carbons (Fsp3) is 0.300. The molecule has 0 unspecified atom stereocenters. The van der Waals surface area contributed by atoms with Gasteiger partial charge in [-0.05, 0) is 31.4 Å². The zero-order valence-corrected chi connectivity index (χ0v) is 13.1. The lowest BCUT2D eigenvalue weighted by atomic mass is 10.1. The van der Waals surface area contributed by atoms with Gasteiger partial charge in [0.25, 0.3) is 0 Å². The molecule has 0 aromatic heterocycles. The van der Waals surface area contributed by atoms with Crippen LogP contribution in [-0.2, 0) is 13.0 Å². The first kappa shape index (κ1) is 15.5. The van der Waals surface area contributed by atoms with E-state index in [1.54, 1.807) is 0 Å². The second-order valence-corrected chi connectivity index (χ2v) is 5.74. The summed E-state index contributed by atoms with van der Waals surface area (Å²) in [6.45, 7) is 7.44. The Kier molecular flexibility index (Phi) is 6.23. The van der Waals surface area contributed by atoms with E-state index in [0.29, 0.717) is 0 Å². The molecule has 0 aliphatic rings. The largest absolute Gasteiger partial charge is 0.295 e. The van der Waals surface area contributed by atoms with Crippen molar-refractivity contribution in [1.82, 2.24) is 4.90 Å². The van der Waals surface area contributed by atoms with Gasteiger partial charge in [0.2, 0.25) is 0 Å². The first-order chi connectivity index (χ1) is 10.2. The standard InChI is InChI=1S/C20H25N/c1-18(2)13-15-21(17-20-11-7-4-8-12-20)16-14-19-9-5-3-6-10-19/h3-13H,14-17H2,1-2H3. The smallest absolute Gasteiger partial charge is 0.0237 e. The lowest BCUT2D eigenvalue weighted by molar-refractivity contribution is 0.297. The quantitative estimate of drug-likeness (QED) is 0.664. The number of hydrogen-bond acceptors (Lipinski definition) is 1. The predicted molar refractivity (Wildman–Crippen MR) is 91.3 cm³/mol. The summed E-state index contributed by atoms with van der Waals surface area (Å²) >= 11 is 0. The molecule has 1 nitrogen and oxygen atoms in total. The fourth-order valence-electron chi connectivity index (χ4n) is 2.32. The van der Waals surface area contributed by atoms with Crippen molar-refractivity contribution in [2.75, 3.05) is 13.1 Å². The van der Waals surface area contributed by atoms with Gasteiger partial charge in [0.15, 0.2) is 0 Å². The molecular weight excluding hydrogens is 254 g/mol. The molecule has 2 rings (SSSR count). The van der Waals surface area contributed by atoms with Crippen LogP contribution >= 0.6 is 0 Å². The van der Waals surface area contributed by atoms with Gasteiger partial charge >= 0.3 is 0 Å². The fourth-order valence-corrected chi connectivity index (χ4v) is 2.32. The second kappa shape index (κ2) is 8.43. The van der Waals surface area contributed by atoms with Crippen LogP contribution in [0.15, 0.2) is 72.3 Å². The van der Waals surface area contributed by atoms with Crippen LogP contribution in [0.25, 0.3) is 0 Å². The maximum Gasteiger partial charge on any atom is 0.0237 e. The van der Waals surface area contributed by atoms with Crippen molar-refractivity contribution in [1.29, 1.82) is 0 Å².